The van der Waals surface area contributed by atoms with E-state index in [0.717, 1.165) is 17.4 Å². The first-order valence-corrected chi connectivity index (χ1v) is 11.0. The maximum atomic E-state index is 14.7. The Bertz CT molecular complexity index is 1310. The van der Waals surface area contributed by atoms with Gasteiger partial charge in [0.25, 0.3) is 5.91 Å². The summed E-state index contributed by atoms with van der Waals surface area (Å²) in [6, 6.07) is 6.74. The van der Waals surface area contributed by atoms with Crippen molar-refractivity contribution in [1.82, 2.24) is 0 Å². The Labute approximate surface area is 200 Å². The predicted molar refractivity (Wildman–Crippen MR) is 121 cm³/mol. The summed E-state index contributed by atoms with van der Waals surface area (Å²) in [5.41, 5.74) is 0.295. The molecule has 170 valence electrons. The van der Waals surface area contributed by atoms with Gasteiger partial charge in [-0.25, -0.2) is 14.1 Å². The highest BCUT2D eigenvalue weighted by molar-refractivity contribution is 7.12. The Morgan fingerprint density at radius 3 is 2.70 bits per heavy atom. The number of thiophene rings is 1. The van der Waals surface area contributed by atoms with Gasteiger partial charge in [0, 0.05) is 6.07 Å². The van der Waals surface area contributed by atoms with E-state index in [1.807, 2.05) is 0 Å². The zero-order valence-electron chi connectivity index (χ0n) is 16.9. The lowest BCUT2D eigenvalue weighted by molar-refractivity contribution is -0.117. The van der Waals surface area contributed by atoms with E-state index in [-0.39, 0.29) is 39.9 Å². The Kier molecular flexibility index (Phi) is 6.29. The van der Waals surface area contributed by atoms with Gasteiger partial charge in [0.2, 0.25) is 5.91 Å². The number of ether oxygens (including phenoxy) is 2. The summed E-state index contributed by atoms with van der Waals surface area (Å²) >= 11 is 13.1. The van der Waals surface area contributed by atoms with Gasteiger partial charge in [-0.1, -0.05) is 23.2 Å². The number of fused-ring (bicyclic) bond motifs is 1. The van der Waals surface area contributed by atoms with Gasteiger partial charge in [0.1, 0.15) is 28.8 Å². The van der Waals surface area contributed by atoms with Crippen LogP contribution in [0.2, 0.25) is 10.0 Å². The van der Waals surface area contributed by atoms with Crippen LogP contribution >= 0.6 is 34.5 Å². The van der Waals surface area contributed by atoms with E-state index >= 15 is 0 Å². The zero-order valence-corrected chi connectivity index (χ0v) is 19.2. The Morgan fingerprint density at radius 2 is 2.00 bits per heavy atom. The van der Waals surface area contributed by atoms with Crippen LogP contribution < -0.4 is 14.4 Å². The van der Waals surface area contributed by atoms with Crippen LogP contribution in [0.4, 0.5) is 10.1 Å². The molecule has 2 aromatic carbocycles. The molecule has 0 aliphatic carbocycles. The number of carbonyl (C=O) groups is 3. The molecule has 1 aliphatic rings. The highest BCUT2D eigenvalue weighted by Crippen LogP contribution is 2.36. The van der Waals surface area contributed by atoms with Crippen molar-refractivity contribution < 1.29 is 33.4 Å². The van der Waals surface area contributed by atoms with Crippen molar-refractivity contribution in [2.45, 2.75) is 13.0 Å². The van der Waals surface area contributed by atoms with E-state index in [2.05, 4.69) is 0 Å². The average Bonchev–Trinajstić information content (AvgIpc) is 3.21. The second-order valence-corrected chi connectivity index (χ2v) is 8.59. The molecule has 0 unspecified atom stereocenters. The lowest BCUT2D eigenvalue weighted by Crippen LogP contribution is -2.43. The van der Waals surface area contributed by atoms with Crippen LogP contribution in [0.25, 0.3) is 0 Å². The maximum absolute atomic E-state index is 14.7. The van der Waals surface area contributed by atoms with E-state index in [4.69, 9.17) is 32.7 Å². The number of hydrogen-bond acceptors (Lipinski definition) is 6. The molecule has 1 aliphatic heterocycles. The van der Waals surface area contributed by atoms with Crippen molar-refractivity contribution in [1.29, 1.82) is 0 Å². The molecular formula is C22H14Cl2FNO6S. The predicted octanol–water partition coefficient (Wildman–Crippen LogP) is 5.21. The number of aromatic carboxylic acids is 1. The smallest absolute Gasteiger partial charge is 0.346 e. The Balaban J connectivity index is 1.67. The van der Waals surface area contributed by atoms with Crippen LogP contribution in [0, 0.1) is 5.82 Å². The average molecular weight is 510 g/mol. The fraction of sp³-hybridized carbons (Fsp3) is 0.136. The minimum absolute atomic E-state index is 0.0899. The monoisotopic (exact) mass is 509 g/mol. The molecule has 0 atom stereocenters. The van der Waals surface area contributed by atoms with Crippen molar-refractivity contribution in [2.24, 2.45) is 0 Å². The number of halogens is 3. The summed E-state index contributed by atoms with van der Waals surface area (Å²) in [7, 11) is 1.46. The zero-order chi connectivity index (χ0) is 23.9. The van der Waals surface area contributed by atoms with Crippen LogP contribution in [0.1, 0.15) is 31.2 Å². The van der Waals surface area contributed by atoms with Gasteiger partial charge in [-0.3, -0.25) is 9.59 Å². The number of carbonyl (C=O) groups excluding carboxylic acids is 2. The number of benzene rings is 2. The third-order valence-corrected chi connectivity index (χ3v) is 6.84. The summed E-state index contributed by atoms with van der Waals surface area (Å²) < 4.78 is 25.7. The topological polar surface area (TPSA) is 93.1 Å². The second kappa shape index (κ2) is 9.01. The Hall–Kier alpha value is -3.14. The lowest BCUT2D eigenvalue weighted by Gasteiger charge is -2.26. The molecule has 2 heterocycles. The van der Waals surface area contributed by atoms with Crippen LogP contribution in [-0.2, 0) is 17.8 Å². The summed E-state index contributed by atoms with van der Waals surface area (Å²) in [5, 5.41) is 11.3. The number of amides is 2. The molecule has 2 amide bonds. The van der Waals surface area contributed by atoms with E-state index in [0.29, 0.717) is 26.8 Å². The lowest BCUT2D eigenvalue weighted by atomic mass is 10.0. The molecule has 4 rings (SSSR count). The summed E-state index contributed by atoms with van der Waals surface area (Å²) in [4.78, 5) is 37.6. The van der Waals surface area contributed by atoms with Crippen molar-refractivity contribution in [3.05, 3.63) is 73.1 Å². The van der Waals surface area contributed by atoms with Gasteiger partial charge < -0.3 is 14.6 Å². The fourth-order valence-corrected chi connectivity index (χ4v) is 4.72. The minimum atomic E-state index is -1.30. The number of imide groups is 1. The van der Waals surface area contributed by atoms with Gasteiger partial charge in [-0.2, -0.15) is 0 Å². The number of carboxylic acid groups (broad SMARTS) is 1. The van der Waals surface area contributed by atoms with E-state index in [1.165, 1.54) is 24.6 Å². The molecule has 0 fully saturated rings. The molecule has 7 nitrogen and oxygen atoms in total. The van der Waals surface area contributed by atoms with Crippen LogP contribution in [0.3, 0.4) is 0 Å². The van der Waals surface area contributed by atoms with Crippen molar-refractivity contribution in [3.8, 4) is 11.5 Å². The van der Waals surface area contributed by atoms with Crippen molar-refractivity contribution >= 4 is 58.0 Å². The first-order chi connectivity index (χ1) is 15.7. The van der Waals surface area contributed by atoms with Crippen molar-refractivity contribution in [3.63, 3.8) is 0 Å². The highest BCUT2D eigenvalue weighted by Gasteiger charge is 2.38. The number of anilines is 1. The van der Waals surface area contributed by atoms with Crippen LogP contribution in [0.15, 0.2) is 35.7 Å². The molecule has 0 saturated heterocycles. The number of carboxylic acids is 1. The molecule has 0 saturated carbocycles. The molecule has 0 radical (unpaired) electrons. The van der Waals surface area contributed by atoms with E-state index in [1.54, 1.807) is 12.1 Å². The van der Waals surface area contributed by atoms with Gasteiger partial charge in [0.05, 0.1) is 40.4 Å². The van der Waals surface area contributed by atoms with Gasteiger partial charge >= 0.3 is 5.97 Å². The summed E-state index contributed by atoms with van der Waals surface area (Å²) in [6.07, 6.45) is -0.231. The number of methoxy groups -OCH3 is 1. The third kappa shape index (κ3) is 4.15. The number of rotatable bonds is 6. The van der Waals surface area contributed by atoms with Crippen LogP contribution in [-0.4, -0.2) is 30.0 Å². The van der Waals surface area contributed by atoms with E-state index in [9.17, 15) is 23.9 Å². The normalized spacial score (nSPS) is 13.2. The first kappa shape index (κ1) is 23.0. The first-order valence-electron chi connectivity index (χ1n) is 9.37. The fourth-order valence-electron chi connectivity index (χ4n) is 3.44. The molecule has 33 heavy (non-hydrogen) atoms. The largest absolute Gasteiger partial charge is 0.496 e. The molecule has 1 aromatic heterocycles. The summed E-state index contributed by atoms with van der Waals surface area (Å²) in [5.74, 6) is -3.17. The molecular weight excluding hydrogens is 496 g/mol. The third-order valence-electron chi connectivity index (χ3n) is 4.98. The number of hydrogen-bond donors (Lipinski definition) is 1. The molecule has 11 heteroatoms. The SMILES string of the molecule is COc1ccc(Cl)c(Cl)c1COc1ccc(F)c(N2C(=O)Cc3csc(C(=O)O)c3C2=O)c1. The number of nitrogens with zero attached hydrogens (tertiary/aromatic N) is 1. The van der Waals surface area contributed by atoms with Crippen molar-refractivity contribution in [2.75, 3.05) is 12.0 Å². The minimum Gasteiger partial charge on any atom is -0.496 e. The van der Waals surface area contributed by atoms with Gasteiger partial charge in [0.15, 0.2) is 0 Å². The summed E-state index contributed by atoms with van der Waals surface area (Å²) in [6.45, 7) is -0.0899. The highest BCUT2D eigenvalue weighted by atomic mass is 35.5. The molecule has 1 N–H and O–H groups in total. The maximum Gasteiger partial charge on any atom is 0.346 e. The second-order valence-electron chi connectivity index (χ2n) is 6.93. The van der Waals surface area contributed by atoms with E-state index < -0.39 is 23.6 Å². The molecule has 3 aromatic rings. The van der Waals surface area contributed by atoms with Gasteiger partial charge in [-0.05, 0) is 35.2 Å². The van der Waals surface area contributed by atoms with Gasteiger partial charge in [-0.15, -0.1) is 11.3 Å². The Morgan fingerprint density at radius 1 is 1.24 bits per heavy atom. The quantitative estimate of drug-likeness (QED) is 0.458. The molecule has 0 bridgehead atoms. The molecule has 0 spiro atoms. The standard InChI is InChI=1S/C22H14Cl2FNO6S/c1-31-16-5-3-13(23)19(24)12(16)8-32-11-2-4-14(25)15(7-11)26-17(27)6-10-9-33-20(22(29)30)18(10)21(26)28/h2-5,7,9H,6,8H2,1H3,(H,29,30). The van der Waals surface area contributed by atoms with Crippen LogP contribution in [0.5, 0.6) is 11.5 Å².